The molecule has 7 heteroatoms. The second-order valence-corrected chi connectivity index (χ2v) is 7.87. The number of phenolic OH excluding ortho intramolecular Hbond substituents is 1. The van der Waals surface area contributed by atoms with Gasteiger partial charge in [-0.15, -0.1) is 0 Å². The van der Waals surface area contributed by atoms with Crippen molar-refractivity contribution in [2.75, 3.05) is 17.2 Å². The second-order valence-electron chi connectivity index (χ2n) is 7.87. The van der Waals surface area contributed by atoms with Gasteiger partial charge in [-0.1, -0.05) is 30.3 Å². The van der Waals surface area contributed by atoms with Crippen LogP contribution in [0.3, 0.4) is 0 Å². The van der Waals surface area contributed by atoms with Crippen LogP contribution in [0.2, 0.25) is 0 Å². The maximum absolute atomic E-state index is 12.3. The Morgan fingerprint density at radius 2 is 1.64 bits per heavy atom. The van der Waals surface area contributed by atoms with Gasteiger partial charge in [-0.05, 0) is 67.6 Å². The molecular weight excluding hydrogens is 418 g/mol. The summed E-state index contributed by atoms with van der Waals surface area (Å²) < 4.78 is 6.03. The van der Waals surface area contributed by atoms with Crippen LogP contribution in [0.15, 0.2) is 60.7 Å². The number of carbonyl (C=O) groups is 2. The highest BCUT2D eigenvalue weighted by Crippen LogP contribution is 2.35. The van der Waals surface area contributed by atoms with E-state index in [0.717, 1.165) is 24.0 Å². The molecular formula is C26H29N3O4. The van der Waals surface area contributed by atoms with Gasteiger partial charge in [0.15, 0.2) is 0 Å². The molecule has 0 aliphatic rings. The lowest BCUT2D eigenvalue weighted by atomic mass is 10.1. The van der Waals surface area contributed by atoms with Crippen LogP contribution in [0.1, 0.15) is 30.0 Å². The molecule has 0 saturated carbocycles. The first-order chi connectivity index (χ1) is 15.8. The molecule has 0 saturated heterocycles. The molecule has 0 aliphatic heterocycles. The third kappa shape index (κ3) is 7.00. The number of hydrogen-bond donors (Lipinski definition) is 4. The molecule has 7 nitrogen and oxygen atoms in total. The lowest BCUT2D eigenvalue weighted by molar-refractivity contribution is -0.114. The number of rotatable bonds is 8. The maximum Gasteiger partial charge on any atom is 0.319 e. The fourth-order valence-electron chi connectivity index (χ4n) is 3.49. The Bertz CT molecular complexity index is 1110. The van der Waals surface area contributed by atoms with E-state index in [0.29, 0.717) is 23.7 Å². The Morgan fingerprint density at radius 3 is 2.30 bits per heavy atom. The van der Waals surface area contributed by atoms with Crippen LogP contribution < -0.4 is 20.7 Å². The summed E-state index contributed by atoms with van der Waals surface area (Å²) in [5.74, 6) is 0.906. The molecule has 0 heterocycles. The van der Waals surface area contributed by atoms with Gasteiger partial charge in [-0.2, -0.15) is 0 Å². The zero-order chi connectivity index (χ0) is 23.8. The van der Waals surface area contributed by atoms with Crippen molar-refractivity contribution in [3.63, 3.8) is 0 Å². The monoisotopic (exact) mass is 447 g/mol. The summed E-state index contributed by atoms with van der Waals surface area (Å²) in [6.07, 6.45) is 1.68. The van der Waals surface area contributed by atoms with Crippen molar-refractivity contribution in [2.24, 2.45) is 0 Å². The smallest absolute Gasteiger partial charge is 0.319 e. The molecule has 0 aromatic heterocycles. The molecule has 0 spiro atoms. The molecule has 3 rings (SSSR count). The van der Waals surface area contributed by atoms with E-state index in [2.05, 4.69) is 28.1 Å². The van der Waals surface area contributed by atoms with Crippen LogP contribution in [0, 0.1) is 13.8 Å². The molecule has 33 heavy (non-hydrogen) atoms. The summed E-state index contributed by atoms with van der Waals surface area (Å²) in [4.78, 5) is 23.6. The second kappa shape index (κ2) is 11.0. The highest BCUT2D eigenvalue weighted by molar-refractivity contribution is 5.91. The molecule has 4 N–H and O–H groups in total. The summed E-state index contributed by atoms with van der Waals surface area (Å²) in [5, 5.41) is 18.4. The van der Waals surface area contributed by atoms with Crippen molar-refractivity contribution >= 4 is 23.3 Å². The summed E-state index contributed by atoms with van der Waals surface area (Å²) in [6.45, 7) is 5.74. The van der Waals surface area contributed by atoms with E-state index in [1.807, 2.05) is 44.2 Å². The number of amides is 3. The molecule has 0 aliphatic carbocycles. The van der Waals surface area contributed by atoms with Crippen LogP contribution in [0.4, 0.5) is 16.2 Å². The minimum absolute atomic E-state index is 0.0590. The Morgan fingerprint density at radius 1 is 0.939 bits per heavy atom. The SMILES string of the molecule is CC(=O)Nc1cc(C)c(Oc2ccc(O)c(NC(=O)NCCCc3ccccc3)c2)c(C)c1. The van der Waals surface area contributed by atoms with Gasteiger partial charge in [-0.3, -0.25) is 4.79 Å². The predicted molar refractivity (Wildman–Crippen MR) is 130 cm³/mol. The Hall–Kier alpha value is -4.00. The van der Waals surface area contributed by atoms with Crippen molar-refractivity contribution in [3.8, 4) is 17.2 Å². The van der Waals surface area contributed by atoms with Gasteiger partial charge in [0.1, 0.15) is 17.2 Å². The fraction of sp³-hybridized carbons (Fsp3) is 0.231. The van der Waals surface area contributed by atoms with Crippen molar-refractivity contribution in [2.45, 2.75) is 33.6 Å². The number of benzene rings is 3. The molecule has 0 unspecified atom stereocenters. The average Bonchev–Trinajstić information content (AvgIpc) is 2.76. The quantitative estimate of drug-likeness (QED) is 0.270. The van der Waals surface area contributed by atoms with E-state index in [9.17, 15) is 14.7 Å². The van der Waals surface area contributed by atoms with E-state index in [4.69, 9.17) is 4.74 Å². The Labute approximate surface area is 193 Å². The number of carbonyl (C=O) groups excluding carboxylic acids is 2. The standard InChI is InChI=1S/C26H29N3O4/c1-17-14-21(28-19(3)30)15-18(2)25(17)33-22-11-12-24(31)23(16-22)29-26(32)27-13-7-10-20-8-5-4-6-9-20/h4-6,8-9,11-12,14-16,31H,7,10,13H2,1-3H3,(H,28,30)(H2,27,29,32). The van der Waals surface area contributed by atoms with Gasteiger partial charge in [0.2, 0.25) is 5.91 Å². The predicted octanol–water partition coefficient (Wildman–Crippen LogP) is 5.51. The Balaban J connectivity index is 1.60. The van der Waals surface area contributed by atoms with Gasteiger partial charge in [0.25, 0.3) is 0 Å². The largest absolute Gasteiger partial charge is 0.506 e. The summed E-state index contributed by atoms with van der Waals surface area (Å²) >= 11 is 0. The van der Waals surface area contributed by atoms with Crippen LogP contribution in [0.5, 0.6) is 17.2 Å². The van der Waals surface area contributed by atoms with Crippen molar-refractivity contribution in [3.05, 3.63) is 77.4 Å². The average molecular weight is 448 g/mol. The van der Waals surface area contributed by atoms with Gasteiger partial charge in [-0.25, -0.2) is 4.79 Å². The number of aromatic hydroxyl groups is 1. The van der Waals surface area contributed by atoms with E-state index in [1.165, 1.54) is 18.6 Å². The highest BCUT2D eigenvalue weighted by atomic mass is 16.5. The lowest BCUT2D eigenvalue weighted by Gasteiger charge is -2.15. The number of hydrogen-bond acceptors (Lipinski definition) is 4. The lowest BCUT2D eigenvalue weighted by Crippen LogP contribution is -2.29. The Kier molecular flexibility index (Phi) is 7.91. The van der Waals surface area contributed by atoms with Gasteiger partial charge in [0, 0.05) is 25.2 Å². The first-order valence-electron chi connectivity index (χ1n) is 10.8. The minimum Gasteiger partial charge on any atom is -0.506 e. The van der Waals surface area contributed by atoms with Crippen LogP contribution in [-0.4, -0.2) is 23.6 Å². The number of phenols is 1. The molecule has 0 fully saturated rings. The summed E-state index contributed by atoms with van der Waals surface area (Å²) in [6, 6.07) is 18.0. The van der Waals surface area contributed by atoms with Crippen LogP contribution >= 0.6 is 0 Å². The first kappa shape index (κ1) is 23.7. The van der Waals surface area contributed by atoms with Crippen molar-refractivity contribution in [1.82, 2.24) is 5.32 Å². The molecule has 172 valence electrons. The molecule has 3 aromatic carbocycles. The van der Waals surface area contributed by atoms with E-state index < -0.39 is 6.03 Å². The van der Waals surface area contributed by atoms with Gasteiger partial charge >= 0.3 is 6.03 Å². The molecule has 0 bridgehead atoms. The topological polar surface area (TPSA) is 99.7 Å². The van der Waals surface area contributed by atoms with Gasteiger partial charge in [0.05, 0.1) is 5.69 Å². The van der Waals surface area contributed by atoms with Crippen LogP contribution in [-0.2, 0) is 11.2 Å². The number of urea groups is 1. The summed E-state index contributed by atoms with van der Waals surface area (Å²) in [5.41, 5.74) is 3.85. The number of ether oxygens (including phenoxy) is 1. The van der Waals surface area contributed by atoms with E-state index in [1.54, 1.807) is 12.1 Å². The number of nitrogens with one attached hydrogen (secondary N) is 3. The van der Waals surface area contributed by atoms with Gasteiger partial charge < -0.3 is 25.8 Å². The number of anilines is 2. The summed E-state index contributed by atoms with van der Waals surface area (Å²) in [7, 11) is 0. The van der Waals surface area contributed by atoms with E-state index >= 15 is 0 Å². The van der Waals surface area contributed by atoms with Crippen molar-refractivity contribution < 1.29 is 19.4 Å². The zero-order valence-electron chi connectivity index (χ0n) is 19.1. The molecule has 3 amide bonds. The van der Waals surface area contributed by atoms with Crippen molar-refractivity contribution in [1.29, 1.82) is 0 Å². The van der Waals surface area contributed by atoms with Crippen LogP contribution in [0.25, 0.3) is 0 Å². The molecule has 0 radical (unpaired) electrons. The third-order valence-corrected chi connectivity index (χ3v) is 4.99. The fourth-order valence-corrected chi connectivity index (χ4v) is 3.49. The molecule has 3 aromatic rings. The first-order valence-corrected chi connectivity index (χ1v) is 10.8. The van der Waals surface area contributed by atoms with E-state index in [-0.39, 0.29) is 17.3 Å². The minimum atomic E-state index is -0.400. The maximum atomic E-state index is 12.3. The zero-order valence-corrected chi connectivity index (χ0v) is 19.1. The number of aryl methyl sites for hydroxylation is 3. The highest BCUT2D eigenvalue weighted by Gasteiger charge is 2.12. The molecule has 0 atom stereocenters. The normalized spacial score (nSPS) is 10.4. The third-order valence-electron chi connectivity index (χ3n) is 4.99.